The predicted octanol–water partition coefficient (Wildman–Crippen LogP) is 2.90. The van der Waals surface area contributed by atoms with Gasteiger partial charge in [0.1, 0.15) is 0 Å². The molecule has 1 aromatic rings. The molecule has 25 heavy (non-hydrogen) atoms. The number of carbonyl (C=O) groups excluding carboxylic acids is 1. The minimum Gasteiger partial charge on any atom is -0.357 e. The number of hydrogen-bond donors (Lipinski definition) is 3. The van der Waals surface area contributed by atoms with E-state index in [-0.39, 0.29) is 43.0 Å². The SMILES string of the molecule is CCCNC(=O)CNC(=NCc1ccc(C(F)(F)F)cc1)NCC.I. The maximum atomic E-state index is 12.5. The third-order valence-corrected chi connectivity index (χ3v) is 3.03. The lowest BCUT2D eigenvalue weighted by Crippen LogP contribution is -2.43. The third kappa shape index (κ3) is 9.51. The highest BCUT2D eigenvalue weighted by atomic mass is 127. The van der Waals surface area contributed by atoms with Crippen molar-refractivity contribution in [2.75, 3.05) is 19.6 Å². The Bertz CT molecular complexity index is 547. The number of alkyl halides is 3. The van der Waals surface area contributed by atoms with Gasteiger partial charge in [-0.05, 0) is 31.0 Å². The first-order valence-electron chi connectivity index (χ1n) is 7.81. The second-order valence-electron chi connectivity index (χ2n) is 5.09. The van der Waals surface area contributed by atoms with E-state index in [4.69, 9.17) is 0 Å². The first-order chi connectivity index (χ1) is 11.4. The minimum absolute atomic E-state index is 0. The van der Waals surface area contributed by atoms with E-state index in [9.17, 15) is 18.0 Å². The summed E-state index contributed by atoms with van der Waals surface area (Å²) in [6.45, 7) is 5.36. The fourth-order valence-corrected chi connectivity index (χ4v) is 1.80. The van der Waals surface area contributed by atoms with Crippen molar-refractivity contribution in [3.8, 4) is 0 Å². The molecular weight excluding hydrogens is 448 g/mol. The monoisotopic (exact) mass is 472 g/mol. The van der Waals surface area contributed by atoms with Crippen LogP contribution in [0.25, 0.3) is 0 Å². The first kappa shape index (κ1) is 23.5. The molecule has 0 spiro atoms. The van der Waals surface area contributed by atoms with Gasteiger partial charge in [0, 0.05) is 13.1 Å². The zero-order chi connectivity index (χ0) is 18.0. The Morgan fingerprint density at radius 2 is 1.72 bits per heavy atom. The number of benzene rings is 1. The van der Waals surface area contributed by atoms with Gasteiger partial charge in [-0.25, -0.2) is 4.99 Å². The quantitative estimate of drug-likeness (QED) is 0.325. The number of guanidine groups is 1. The predicted molar refractivity (Wildman–Crippen MR) is 103 cm³/mol. The molecule has 0 aliphatic heterocycles. The van der Waals surface area contributed by atoms with Crippen LogP contribution in [-0.2, 0) is 17.5 Å². The highest BCUT2D eigenvalue weighted by Gasteiger charge is 2.29. The molecule has 0 aliphatic rings. The summed E-state index contributed by atoms with van der Waals surface area (Å²) in [7, 11) is 0. The van der Waals surface area contributed by atoms with Crippen LogP contribution in [0.15, 0.2) is 29.3 Å². The van der Waals surface area contributed by atoms with E-state index < -0.39 is 11.7 Å². The Balaban J connectivity index is 0.00000576. The van der Waals surface area contributed by atoms with Gasteiger partial charge in [-0.3, -0.25) is 4.79 Å². The molecular formula is C16H24F3IN4O. The van der Waals surface area contributed by atoms with Crippen LogP contribution in [0, 0.1) is 0 Å². The molecule has 0 saturated carbocycles. The van der Waals surface area contributed by atoms with Gasteiger partial charge in [0.15, 0.2) is 5.96 Å². The number of carbonyl (C=O) groups is 1. The highest BCUT2D eigenvalue weighted by molar-refractivity contribution is 14.0. The molecule has 142 valence electrons. The lowest BCUT2D eigenvalue weighted by Gasteiger charge is -2.11. The average molecular weight is 472 g/mol. The molecule has 0 bridgehead atoms. The summed E-state index contributed by atoms with van der Waals surface area (Å²) >= 11 is 0. The average Bonchev–Trinajstić information content (AvgIpc) is 2.55. The number of aliphatic imine (C=N–C) groups is 1. The summed E-state index contributed by atoms with van der Waals surface area (Å²) in [5.41, 5.74) is -0.0384. The Labute approximate surface area is 162 Å². The van der Waals surface area contributed by atoms with Crippen molar-refractivity contribution in [2.24, 2.45) is 4.99 Å². The van der Waals surface area contributed by atoms with Crippen LogP contribution in [0.3, 0.4) is 0 Å². The number of hydrogen-bond acceptors (Lipinski definition) is 2. The van der Waals surface area contributed by atoms with Gasteiger partial charge in [-0.2, -0.15) is 13.2 Å². The smallest absolute Gasteiger partial charge is 0.357 e. The Morgan fingerprint density at radius 3 is 2.24 bits per heavy atom. The molecule has 0 aromatic heterocycles. The number of nitrogens with zero attached hydrogens (tertiary/aromatic N) is 1. The standard InChI is InChI=1S/C16H23F3N4O.HI/c1-3-9-21-14(24)11-23-15(20-4-2)22-10-12-5-7-13(8-6-12)16(17,18)19;/h5-8H,3-4,9-11H2,1-2H3,(H,21,24)(H2,20,22,23);1H. The molecule has 0 saturated heterocycles. The summed E-state index contributed by atoms with van der Waals surface area (Å²) in [5, 5.41) is 8.59. The topological polar surface area (TPSA) is 65.5 Å². The zero-order valence-electron chi connectivity index (χ0n) is 14.2. The van der Waals surface area contributed by atoms with Gasteiger partial charge in [0.05, 0.1) is 18.7 Å². The van der Waals surface area contributed by atoms with E-state index in [1.807, 2.05) is 13.8 Å². The molecule has 1 rings (SSSR count). The minimum atomic E-state index is -4.34. The van der Waals surface area contributed by atoms with Crippen LogP contribution in [0.5, 0.6) is 0 Å². The number of halogens is 4. The van der Waals surface area contributed by atoms with Crippen LogP contribution >= 0.6 is 24.0 Å². The first-order valence-corrected chi connectivity index (χ1v) is 7.81. The Morgan fingerprint density at radius 1 is 1.08 bits per heavy atom. The van der Waals surface area contributed by atoms with E-state index in [1.165, 1.54) is 12.1 Å². The second-order valence-corrected chi connectivity index (χ2v) is 5.09. The van der Waals surface area contributed by atoms with E-state index in [0.29, 0.717) is 24.6 Å². The Kier molecular flexibility index (Phi) is 11.2. The largest absolute Gasteiger partial charge is 0.416 e. The molecule has 0 radical (unpaired) electrons. The van der Waals surface area contributed by atoms with Gasteiger partial charge in [-0.15, -0.1) is 24.0 Å². The van der Waals surface area contributed by atoms with Crippen LogP contribution in [0.4, 0.5) is 13.2 Å². The maximum Gasteiger partial charge on any atom is 0.416 e. The van der Waals surface area contributed by atoms with E-state index in [1.54, 1.807) is 0 Å². The van der Waals surface area contributed by atoms with E-state index in [0.717, 1.165) is 18.6 Å². The number of nitrogens with one attached hydrogen (secondary N) is 3. The van der Waals surface area contributed by atoms with Crippen LogP contribution < -0.4 is 16.0 Å². The van der Waals surface area contributed by atoms with Crippen LogP contribution in [0.1, 0.15) is 31.4 Å². The van der Waals surface area contributed by atoms with Gasteiger partial charge in [-0.1, -0.05) is 19.1 Å². The molecule has 0 heterocycles. The van der Waals surface area contributed by atoms with Crippen molar-refractivity contribution in [3.63, 3.8) is 0 Å². The van der Waals surface area contributed by atoms with E-state index >= 15 is 0 Å². The van der Waals surface area contributed by atoms with Crippen molar-refractivity contribution < 1.29 is 18.0 Å². The molecule has 3 N–H and O–H groups in total. The lowest BCUT2D eigenvalue weighted by atomic mass is 10.1. The molecule has 0 atom stereocenters. The fourth-order valence-electron chi connectivity index (χ4n) is 1.80. The molecule has 5 nitrogen and oxygen atoms in total. The zero-order valence-corrected chi connectivity index (χ0v) is 16.6. The molecule has 0 aliphatic carbocycles. The van der Waals surface area contributed by atoms with Crippen LogP contribution in [0.2, 0.25) is 0 Å². The molecule has 0 unspecified atom stereocenters. The normalized spacial score (nSPS) is 11.5. The van der Waals surface area contributed by atoms with Gasteiger partial charge in [0.2, 0.25) is 5.91 Å². The number of amides is 1. The molecule has 0 fully saturated rings. The summed E-state index contributed by atoms with van der Waals surface area (Å²) in [4.78, 5) is 15.8. The second kappa shape index (κ2) is 11.9. The summed E-state index contributed by atoms with van der Waals surface area (Å²) in [5.74, 6) is 0.293. The van der Waals surface area contributed by atoms with Crippen molar-refractivity contribution in [2.45, 2.75) is 33.0 Å². The van der Waals surface area contributed by atoms with Crippen molar-refractivity contribution in [1.29, 1.82) is 0 Å². The maximum absolute atomic E-state index is 12.5. The van der Waals surface area contributed by atoms with Gasteiger partial charge < -0.3 is 16.0 Å². The number of rotatable bonds is 7. The molecule has 1 aromatic carbocycles. The van der Waals surface area contributed by atoms with E-state index in [2.05, 4.69) is 20.9 Å². The summed E-state index contributed by atoms with van der Waals surface area (Å²) in [6.07, 6.45) is -3.49. The lowest BCUT2D eigenvalue weighted by molar-refractivity contribution is -0.137. The van der Waals surface area contributed by atoms with Crippen LogP contribution in [-0.4, -0.2) is 31.5 Å². The summed E-state index contributed by atoms with van der Waals surface area (Å²) < 4.78 is 37.5. The van der Waals surface area contributed by atoms with Gasteiger partial charge >= 0.3 is 6.18 Å². The third-order valence-electron chi connectivity index (χ3n) is 3.03. The van der Waals surface area contributed by atoms with Gasteiger partial charge in [0.25, 0.3) is 0 Å². The molecule has 9 heteroatoms. The Hall–Kier alpha value is -1.52. The fraction of sp³-hybridized carbons (Fsp3) is 0.500. The highest BCUT2D eigenvalue weighted by Crippen LogP contribution is 2.29. The van der Waals surface area contributed by atoms with Crippen molar-refractivity contribution in [3.05, 3.63) is 35.4 Å². The van der Waals surface area contributed by atoms with Crippen molar-refractivity contribution in [1.82, 2.24) is 16.0 Å². The molecule has 1 amide bonds. The summed E-state index contributed by atoms with van der Waals surface area (Å²) in [6, 6.07) is 4.85. The van der Waals surface area contributed by atoms with Crippen molar-refractivity contribution >= 4 is 35.8 Å².